The van der Waals surface area contributed by atoms with Crippen molar-refractivity contribution in [1.29, 1.82) is 0 Å². The van der Waals surface area contributed by atoms with Gasteiger partial charge in [0, 0.05) is 29.9 Å². The number of rotatable bonds is 8. The van der Waals surface area contributed by atoms with Gasteiger partial charge in [-0.05, 0) is 51.8 Å². The fraction of sp³-hybridized carbons (Fsp3) is 0.588. The number of benzene rings is 1. The van der Waals surface area contributed by atoms with E-state index < -0.39 is 5.60 Å². The van der Waals surface area contributed by atoms with Crippen molar-refractivity contribution in [2.24, 2.45) is 0 Å². The molecule has 0 bridgehead atoms. The Balaban J connectivity index is 2.35. The van der Waals surface area contributed by atoms with E-state index in [1.807, 2.05) is 45.0 Å². The third-order valence-electron chi connectivity index (χ3n) is 2.96. The summed E-state index contributed by atoms with van der Waals surface area (Å²) in [5.74, 6) is 0. The van der Waals surface area contributed by atoms with E-state index in [-0.39, 0.29) is 12.1 Å². The van der Waals surface area contributed by atoms with Gasteiger partial charge in [-0.2, -0.15) is 0 Å². The number of carbonyl (C=O) groups is 1. The Labute approximate surface area is 147 Å². The molecule has 130 valence electrons. The van der Waals surface area contributed by atoms with Gasteiger partial charge in [0.15, 0.2) is 0 Å². The van der Waals surface area contributed by atoms with Crippen LogP contribution in [0.3, 0.4) is 0 Å². The van der Waals surface area contributed by atoms with E-state index in [1.165, 1.54) is 0 Å². The van der Waals surface area contributed by atoms with Crippen molar-refractivity contribution in [2.75, 3.05) is 25.6 Å². The lowest BCUT2D eigenvalue weighted by Gasteiger charge is -2.21. The lowest BCUT2D eigenvalue weighted by atomic mass is 10.1. The highest BCUT2D eigenvalue weighted by Crippen LogP contribution is 2.17. The van der Waals surface area contributed by atoms with Crippen molar-refractivity contribution in [3.63, 3.8) is 0 Å². The monoisotopic (exact) mass is 386 g/mol. The highest BCUT2D eigenvalue weighted by atomic mass is 79.9. The first kappa shape index (κ1) is 19.8. The van der Waals surface area contributed by atoms with Gasteiger partial charge in [0.2, 0.25) is 0 Å². The van der Waals surface area contributed by atoms with Crippen LogP contribution in [0, 0.1) is 0 Å². The molecule has 0 aliphatic rings. The van der Waals surface area contributed by atoms with Crippen molar-refractivity contribution in [1.82, 2.24) is 5.32 Å². The number of anilines is 1. The predicted molar refractivity (Wildman–Crippen MR) is 96.9 cm³/mol. The molecule has 5 nitrogen and oxygen atoms in total. The molecule has 0 aromatic heterocycles. The SMILES string of the molecule is COCC(CCCNC(=O)OC(C)(C)C)Nc1cccc(Br)c1. The summed E-state index contributed by atoms with van der Waals surface area (Å²) < 4.78 is 11.5. The summed E-state index contributed by atoms with van der Waals surface area (Å²) in [5, 5.41) is 6.22. The number of amides is 1. The molecule has 1 aromatic rings. The van der Waals surface area contributed by atoms with E-state index in [2.05, 4.69) is 26.6 Å². The molecule has 1 atom stereocenters. The second-order valence-corrected chi connectivity index (χ2v) is 7.29. The third kappa shape index (κ3) is 9.46. The molecule has 0 fully saturated rings. The predicted octanol–water partition coefficient (Wildman–Crippen LogP) is 4.18. The molecule has 6 heteroatoms. The molecule has 0 spiro atoms. The first-order valence-electron chi connectivity index (χ1n) is 7.78. The standard InChI is InChI=1S/C17H27BrN2O3/c1-17(2,3)23-16(21)19-10-6-9-15(12-22-4)20-14-8-5-7-13(18)11-14/h5,7-8,11,15,20H,6,9-10,12H2,1-4H3,(H,19,21). The lowest BCUT2D eigenvalue weighted by molar-refractivity contribution is 0.0526. The normalized spacial score (nSPS) is 12.6. The number of carbonyl (C=O) groups excluding carboxylic acids is 1. The number of hydrogen-bond donors (Lipinski definition) is 2. The molecular formula is C17H27BrN2O3. The Kier molecular flexibility index (Phi) is 8.41. The van der Waals surface area contributed by atoms with Crippen LogP contribution in [0.4, 0.5) is 10.5 Å². The molecule has 0 saturated heterocycles. The first-order valence-corrected chi connectivity index (χ1v) is 8.57. The molecule has 0 heterocycles. The van der Waals surface area contributed by atoms with Crippen LogP contribution in [0.2, 0.25) is 0 Å². The Bertz CT molecular complexity index is 489. The maximum absolute atomic E-state index is 11.6. The van der Waals surface area contributed by atoms with Crippen LogP contribution in [0.25, 0.3) is 0 Å². The maximum Gasteiger partial charge on any atom is 0.407 e. The van der Waals surface area contributed by atoms with Crippen LogP contribution in [0.1, 0.15) is 33.6 Å². The van der Waals surface area contributed by atoms with E-state index in [0.29, 0.717) is 13.2 Å². The smallest absolute Gasteiger partial charge is 0.407 e. The zero-order valence-corrected chi connectivity index (χ0v) is 15.9. The molecule has 2 N–H and O–H groups in total. The van der Waals surface area contributed by atoms with Crippen molar-refractivity contribution in [3.05, 3.63) is 28.7 Å². The fourth-order valence-corrected chi connectivity index (χ4v) is 2.46. The van der Waals surface area contributed by atoms with Gasteiger partial charge in [-0.15, -0.1) is 0 Å². The maximum atomic E-state index is 11.6. The van der Waals surface area contributed by atoms with Gasteiger partial charge in [-0.1, -0.05) is 22.0 Å². The molecule has 0 radical (unpaired) electrons. The van der Waals surface area contributed by atoms with Crippen LogP contribution in [0.5, 0.6) is 0 Å². The molecular weight excluding hydrogens is 360 g/mol. The fourth-order valence-electron chi connectivity index (χ4n) is 2.07. The van der Waals surface area contributed by atoms with Gasteiger partial charge in [-0.25, -0.2) is 4.79 Å². The number of methoxy groups -OCH3 is 1. The Hall–Kier alpha value is -1.27. The Morgan fingerprint density at radius 1 is 1.35 bits per heavy atom. The van der Waals surface area contributed by atoms with Crippen molar-refractivity contribution in [3.8, 4) is 0 Å². The van der Waals surface area contributed by atoms with Crippen LogP contribution in [-0.4, -0.2) is 38.0 Å². The van der Waals surface area contributed by atoms with Gasteiger partial charge in [0.25, 0.3) is 0 Å². The molecule has 23 heavy (non-hydrogen) atoms. The molecule has 1 unspecified atom stereocenters. The van der Waals surface area contributed by atoms with Crippen LogP contribution in [-0.2, 0) is 9.47 Å². The zero-order valence-electron chi connectivity index (χ0n) is 14.3. The van der Waals surface area contributed by atoms with Gasteiger partial charge in [-0.3, -0.25) is 0 Å². The lowest BCUT2D eigenvalue weighted by Crippen LogP contribution is -2.33. The Morgan fingerprint density at radius 2 is 2.09 bits per heavy atom. The topological polar surface area (TPSA) is 59.6 Å². The first-order chi connectivity index (χ1) is 10.8. The van der Waals surface area contributed by atoms with E-state index in [9.17, 15) is 4.79 Å². The van der Waals surface area contributed by atoms with Gasteiger partial charge >= 0.3 is 6.09 Å². The van der Waals surface area contributed by atoms with Crippen LogP contribution in [0.15, 0.2) is 28.7 Å². The second-order valence-electron chi connectivity index (χ2n) is 6.38. The van der Waals surface area contributed by atoms with E-state index in [1.54, 1.807) is 7.11 Å². The number of hydrogen-bond acceptors (Lipinski definition) is 4. The number of halogens is 1. The molecule has 0 saturated carbocycles. The summed E-state index contributed by atoms with van der Waals surface area (Å²) in [6.07, 6.45) is 1.35. The number of ether oxygens (including phenoxy) is 2. The van der Waals surface area contributed by atoms with Crippen molar-refractivity contribution < 1.29 is 14.3 Å². The molecule has 1 rings (SSSR count). The van der Waals surface area contributed by atoms with Crippen molar-refractivity contribution in [2.45, 2.75) is 45.3 Å². The average molecular weight is 387 g/mol. The minimum Gasteiger partial charge on any atom is -0.444 e. The van der Waals surface area contributed by atoms with E-state index >= 15 is 0 Å². The molecule has 0 aliphatic carbocycles. The molecule has 1 amide bonds. The third-order valence-corrected chi connectivity index (χ3v) is 3.45. The van der Waals surface area contributed by atoms with E-state index in [4.69, 9.17) is 9.47 Å². The highest BCUT2D eigenvalue weighted by Gasteiger charge is 2.15. The number of nitrogens with one attached hydrogen (secondary N) is 2. The number of alkyl carbamates (subject to hydrolysis) is 1. The summed E-state index contributed by atoms with van der Waals surface area (Å²) in [6, 6.07) is 8.21. The average Bonchev–Trinajstić information content (AvgIpc) is 2.42. The van der Waals surface area contributed by atoms with Crippen LogP contribution < -0.4 is 10.6 Å². The minimum absolute atomic E-state index is 0.190. The zero-order chi connectivity index (χ0) is 17.3. The van der Waals surface area contributed by atoms with Crippen LogP contribution >= 0.6 is 15.9 Å². The highest BCUT2D eigenvalue weighted by molar-refractivity contribution is 9.10. The summed E-state index contributed by atoms with van der Waals surface area (Å²) >= 11 is 3.46. The summed E-state index contributed by atoms with van der Waals surface area (Å²) in [6.45, 7) is 6.74. The Morgan fingerprint density at radius 3 is 2.70 bits per heavy atom. The van der Waals surface area contributed by atoms with E-state index in [0.717, 1.165) is 23.0 Å². The molecule has 1 aromatic carbocycles. The summed E-state index contributed by atoms with van der Waals surface area (Å²) in [7, 11) is 1.69. The van der Waals surface area contributed by atoms with Gasteiger partial charge in [0.05, 0.1) is 6.61 Å². The summed E-state index contributed by atoms with van der Waals surface area (Å²) in [4.78, 5) is 11.6. The van der Waals surface area contributed by atoms with Gasteiger partial charge < -0.3 is 20.1 Å². The largest absolute Gasteiger partial charge is 0.444 e. The van der Waals surface area contributed by atoms with Gasteiger partial charge in [0.1, 0.15) is 5.60 Å². The second kappa shape index (κ2) is 9.78. The quantitative estimate of drug-likeness (QED) is 0.657. The van der Waals surface area contributed by atoms with Crippen molar-refractivity contribution >= 4 is 27.7 Å². The summed E-state index contributed by atoms with van der Waals surface area (Å²) in [5.41, 5.74) is 0.576. The molecule has 0 aliphatic heterocycles. The minimum atomic E-state index is -0.467.